The fraction of sp³-hybridized carbons (Fsp3) is 0.167. The van der Waals surface area contributed by atoms with Gasteiger partial charge in [-0.1, -0.05) is 5.16 Å². The average molecular weight is 244 g/mol. The van der Waals surface area contributed by atoms with E-state index in [1.54, 1.807) is 12.1 Å². The lowest BCUT2D eigenvalue weighted by Crippen LogP contribution is -1.99. The second-order valence-electron chi connectivity index (χ2n) is 4.03. The summed E-state index contributed by atoms with van der Waals surface area (Å²) < 4.78 is 10.5. The third-order valence-corrected chi connectivity index (χ3v) is 2.51. The number of nitrogen functional groups attached to an aromatic ring is 1. The first-order valence-corrected chi connectivity index (χ1v) is 5.53. The summed E-state index contributed by atoms with van der Waals surface area (Å²) in [6.45, 7) is 2.35. The van der Waals surface area contributed by atoms with E-state index < -0.39 is 0 Å². The summed E-state index contributed by atoms with van der Waals surface area (Å²) >= 11 is 0. The van der Waals surface area contributed by atoms with Crippen molar-refractivity contribution >= 4 is 22.8 Å². The van der Waals surface area contributed by atoms with E-state index in [0.717, 1.165) is 17.0 Å². The van der Waals surface area contributed by atoms with E-state index in [9.17, 15) is 0 Å². The number of aromatic nitrogens is 2. The number of hydrogen-bond donors (Lipinski definition) is 2. The molecule has 92 valence electrons. The number of benzene rings is 1. The average Bonchev–Trinajstić information content (AvgIpc) is 2.92. The zero-order valence-corrected chi connectivity index (χ0v) is 9.80. The van der Waals surface area contributed by atoms with Crippen LogP contribution in [0.3, 0.4) is 0 Å². The molecule has 0 unspecified atom stereocenters. The van der Waals surface area contributed by atoms with Crippen molar-refractivity contribution in [2.24, 2.45) is 0 Å². The molecule has 0 fully saturated rings. The largest absolute Gasteiger partial charge is 0.423 e. The summed E-state index contributed by atoms with van der Waals surface area (Å²) in [4.78, 5) is 4.28. The van der Waals surface area contributed by atoms with Crippen LogP contribution in [0.2, 0.25) is 0 Å². The van der Waals surface area contributed by atoms with Crippen LogP contribution in [-0.2, 0) is 6.54 Å². The van der Waals surface area contributed by atoms with Crippen LogP contribution < -0.4 is 11.1 Å². The van der Waals surface area contributed by atoms with Crippen molar-refractivity contribution in [3.8, 4) is 0 Å². The van der Waals surface area contributed by atoms with E-state index in [4.69, 9.17) is 14.7 Å². The molecular formula is C12H12N4O2. The molecule has 0 aliphatic heterocycles. The van der Waals surface area contributed by atoms with Crippen molar-refractivity contribution in [2.75, 3.05) is 11.1 Å². The second-order valence-corrected chi connectivity index (χ2v) is 4.03. The number of nitrogens with one attached hydrogen (secondary N) is 1. The van der Waals surface area contributed by atoms with E-state index in [2.05, 4.69) is 15.5 Å². The van der Waals surface area contributed by atoms with Gasteiger partial charge < -0.3 is 20.0 Å². The molecule has 18 heavy (non-hydrogen) atoms. The third-order valence-electron chi connectivity index (χ3n) is 2.51. The van der Waals surface area contributed by atoms with Crippen molar-refractivity contribution < 1.29 is 8.94 Å². The molecule has 1 aromatic carbocycles. The fourth-order valence-electron chi connectivity index (χ4n) is 1.68. The summed E-state index contributed by atoms with van der Waals surface area (Å²) in [5.74, 6) is 0.775. The molecule has 0 aliphatic carbocycles. The maximum absolute atomic E-state index is 5.67. The number of nitrogens with zero attached hydrogens (tertiary/aromatic N) is 2. The Hall–Kier alpha value is -2.50. The molecule has 0 amide bonds. The van der Waals surface area contributed by atoms with Crippen LogP contribution in [0.25, 0.3) is 11.1 Å². The maximum atomic E-state index is 5.67. The van der Waals surface area contributed by atoms with Crippen LogP contribution in [0, 0.1) is 6.92 Å². The van der Waals surface area contributed by atoms with Crippen LogP contribution in [-0.4, -0.2) is 10.1 Å². The Labute approximate surface area is 103 Å². The van der Waals surface area contributed by atoms with Crippen LogP contribution in [0.4, 0.5) is 11.7 Å². The van der Waals surface area contributed by atoms with E-state index in [0.29, 0.717) is 23.8 Å². The van der Waals surface area contributed by atoms with Gasteiger partial charge in [0.2, 0.25) is 0 Å². The quantitative estimate of drug-likeness (QED) is 0.687. The van der Waals surface area contributed by atoms with Crippen LogP contribution in [0.15, 0.2) is 33.2 Å². The van der Waals surface area contributed by atoms with Crippen molar-refractivity contribution in [2.45, 2.75) is 13.5 Å². The Balaban J connectivity index is 1.78. The molecule has 0 aliphatic rings. The maximum Gasteiger partial charge on any atom is 0.296 e. The number of anilines is 2. The summed E-state index contributed by atoms with van der Waals surface area (Å²) in [6.07, 6.45) is 0. The first kappa shape index (κ1) is 10.6. The van der Waals surface area contributed by atoms with E-state index >= 15 is 0 Å². The van der Waals surface area contributed by atoms with Crippen molar-refractivity contribution in [1.82, 2.24) is 10.1 Å². The highest BCUT2D eigenvalue weighted by molar-refractivity contribution is 5.78. The molecule has 3 rings (SSSR count). The molecule has 3 aromatic rings. The molecule has 0 atom stereocenters. The highest BCUT2D eigenvalue weighted by atomic mass is 16.5. The van der Waals surface area contributed by atoms with Gasteiger partial charge in [-0.15, -0.1) is 0 Å². The monoisotopic (exact) mass is 244 g/mol. The number of rotatable bonds is 3. The molecule has 0 saturated carbocycles. The smallest absolute Gasteiger partial charge is 0.296 e. The minimum atomic E-state index is 0.441. The van der Waals surface area contributed by atoms with Crippen molar-refractivity contribution in [3.63, 3.8) is 0 Å². The highest BCUT2D eigenvalue weighted by Crippen LogP contribution is 2.21. The molecule has 0 radical (unpaired) electrons. The van der Waals surface area contributed by atoms with Gasteiger partial charge in [0, 0.05) is 17.8 Å². The Morgan fingerprint density at radius 1 is 1.33 bits per heavy atom. The minimum absolute atomic E-state index is 0.441. The molecule has 3 N–H and O–H groups in total. The van der Waals surface area contributed by atoms with Gasteiger partial charge in [0.15, 0.2) is 5.58 Å². The highest BCUT2D eigenvalue weighted by Gasteiger charge is 2.06. The Morgan fingerprint density at radius 2 is 2.22 bits per heavy atom. The Morgan fingerprint density at radius 3 is 3.00 bits per heavy atom. The topological polar surface area (TPSA) is 90.1 Å². The van der Waals surface area contributed by atoms with E-state index in [1.165, 1.54) is 0 Å². The predicted octanol–water partition coefficient (Wildman–Crippen LogP) is 2.32. The fourth-order valence-corrected chi connectivity index (χ4v) is 1.68. The lowest BCUT2D eigenvalue weighted by molar-refractivity contribution is 0.391. The molecule has 0 bridgehead atoms. The summed E-state index contributed by atoms with van der Waals surface area (Å²) in [7, 11) is 0. The third kappa shape index (κ3) is 2.00. The number of hydrogen-bond acceptors (Lipinski definition) is 6. The zero-order valence-electron chi connectivity index (χ0n) is 9.80. The Bertz CT molecular complexity index is 686. The molecule has 0 spiro atoms. The minimum Gasteiger partial charge on any atom is -0.423 e. The molecular weight excluding hydrogens is 232 g/mol. The first-order chi connectivity index (χ1) is 8.70. The van der Waals surface area contributed by atoms with Gasteiger partial charge in [-0.25, -0.2) is 0 Å². The van der Waals surface area contributed by atoms with Crippen molar-refractivity contribution in [3.05, 3.63) is 35.7 Å². The number of nitrogens with two attached hydrogens (primary N) is 1. The van der Waals surface area contributed by atoms with Crippen LogP contribution in [0.5, 0.6) is 0 Å². The normalized spacial score (nSPS) is 10.9. The predicted molar refractivity (Wildman–Crippen MR) is 67.0 cm³/mol. The van der Waals surface area contributed by atoms with Gasteiger partial charge in [-0.2, -0.15) is 4.98 Å². The van der Waals surface area contributed by atoms with Gasteiger partial charge in [-0.05, 0) is 19.1 Å². The summed E-state index contributed by atoms with van der Waals surface area (Å²) in [5, 5.41) is 6.91. The molecule has 6 heteroatoms. The molecule has 2 heterocycles. The molecule has 6 nitrogen and oxygen atoms in total. The standard InChI is InChI=1S/C12H12N4O2/c1-7-4-9(16-18-7)6-14-12-15-10-3-2-8(13)5-11(10)17-12/h2-5H,6,13H2,1H3,(H,14,15). The van der Waals surface area contributed by atoms with Crippen molar-refractivity contribution in [1.29, 1.82) is 0 Å². The number of fused-ring (bicyclic) bond motifs is 1. The Kier molecular flexibility index (Phi) is 2.40. The van der Waals surface area contributed by atoms with Gasteiger partial charge >= 0.3 is 0 Å². The zero-order chi connectivity index (χ0) is 12.5. The van der Waals surface area contributed by atoms with Crippen LogP contribution >= 0.6 is 0 Å². The van der Waals surface area contributed by atoms with Gasteiger partial charge in [0.25, 0.3) is 6.01 Å². The summed E-state index contributed by atoms with van der Waals surface area (Å²) in [6, 6.07) is 7.65. The molecule has 2 aromatic heterocycles. The second kappa shape index (κ2) is 4.06. The molecule has 0 saturated heterocycles. The van der Waals surface area contributed by atoms with E-state index in [-0.39, 0.29) is 0 Å². The first-order valence-electron chi connectivity index (χ1n) is 5.53. The van der Waals surface area contributed by atoms with Gasteiger partial charge in [0.1, 0.15) is 17.0 Å². The number of oxazole rings is 1. The van der Waals surface area contributed by atoms with Gasteiger partial charge in [-0.3, -0.25) is 0 Å². The summed E-state index contributed by atoms with van der Waals surface area (Å²) in [5.41, 5.74) is 8.55. The SMILES string of the molecule is Cc1cc(CNc2nc3ccc(N)cc3o2)no1. The lowest BCUT2D eigenvalue weighted by Gasteiger charge is -1.95. The lowest BCUT2D eigenvalue weighted by atomic mass is 10.3. The number of aryl methyl sites for hydroxylation is 1. The van der Waals surface area contributed by atoms with Crippen LogP contribution in [0.1, 0.15) is 11.5 Å². The van der Waals surface area contributed by atoms with Gasteiger partial charge in [0.05, 0.1) is 6.54 Å². The van der Waals surface area contributed by atoms with E-state index in [1.807, 2.05) is 19.1 Å².